The predicted octanol–water partition coefficient (Wildman–Crippen LogP) is 5.49. The van der Waals surface area contributed by atoms with E-state index in [0.29, 0.717) is 17.5 Å². The fraction of sp³-hybridized carbons (Fsp3) is 0.0400. The van der Waals surface area contributed by atoms with Crippen molar-refractivity contribution >= 4 is 23.9 Å². The lowest BCUT2D eigenvalue weighted by molar-refractivity contribution is 0.0693. The average Bonchev–Trinajstić information content (AvgIpc) is 2.73. The quantitative estimate of drug-likeness (QED) is 0.561. The number of rotatable bonds is 7. The second-order valence-electron chi connectivity index (χ2n) is 6.43. The number of ketones is 1. The fourth-order valence-electron chi connectivity index (χ4n) is 3.11. The number of carbonyl (C=O) groups is 2. The van der Waals surface area contributed by atoms with Gasteiger partial charge in [-0.2, -0.15) is 0 Å². The lowest BCUT2D eigenvalue weighted by atomic mass is 9.92. The van der Waals surface area contributed by atoms with Gasteiger partial charge >= 0.3 is 5.97 Å². The minimum Gasteiger partial charge on any atom is -0.478 e. The molecule has 0 aliphatic carbocycles. The van der Waals surface area contributed by atoms with Crippen LogP contribution < -0.4 is 0 Å². The van der Waals surface area contributed by atoms with Gasteiger partial charge in [-0.1, -0.05) is 79.9 Å². The number of aromatic carboxylic acids is 1. The van der Waals surface area contributed by atoms with Gasteiger partial charge in [0, 0.05) is 11.1 Å². The summed E-state index contributed by atoms with van der Waals surface area (Å²) in [7, 11) is 0. The van der Waals surface area contributed by atoms with Crippen LogP contribution >= 0.6 is 0 Å². The number of carboxylic acid groups (broad SMARTS) is 1. The van der Waals surface area contributed by atoms with E-state index in [2.05, 4.69) is 13.2 Å². The summed E-state index contributed by atoms with van der Waals surface area (Å²) in [5.74, 6) is -1.45. The minimum atomic E-state index is -1.12. The van der Waals surface area contributed by atoms with Gasteiger partial charge in [-0.15, -0.1) is 0 Å². The molecule has 138 valence electrons. The Labute approximate surface area is 164 Å². The Bertz CT molecular complexity index is 1060. The topological polar surface area (TPSA) is 54.4 Å². The zero-order chi connectivity index (χ0) is 20.1. The highest BCUT2D eigenvalue weighted by molar-refractivity contribution is 6.15. The summed E-state index contributed by atoms with van der Waals surface area (Å²) in [6.07, 6.45) is 4.06. The Balaban J connectivity index is 1.99. The molecule has 0 saturated heterocycles. The SMILES string of the molecule is C=Cc1ccc(Cc2ccc(C=C)c(C(=O)c3ccccc3C(=O)O)c2)cc1. The molecular weight excluding hydrogens is 348 g/mol. The molecule has 0 aliphatic rings. The Morgan fingerprint density at radius 3 is 2.04 bits per heavy atom. The van der Waals surface area contributed by atoms with Gasteiger partial charge in [-0.05, 0) is 40.8 Å². The molecule has 0 aliphatic heterocycles. The second-order valence-corrected chi connectivity index (χ2v) is 6.43. The van der Waals surface area contributed by atoms with Crippen molar-refractivity contribution < 1.29 is 14.7 Å². The van der Waals surface area contributed by atoms with Crippen LogP contribution in [0.2, 0.25) is 0 Å². The first-order chi connectivity index (χ1) is 13.5. The summed E-state index contributed by atoms with van der Waals surface area (Å²) in [6.45, 7) is 7.53. The molecule has 0 radical (unpaired) electrons. The third-order valence-electron chi connectivity index (χ3n) is 4.61. The predicted molar refractivity (Wildman–Crippen MR) is 113 cm³/mol. The van der Waals surface area contributed by atoms with Gasteiger partial charge in [0.05, 0.1) is 5.56 Å². The highest BCUT2D eigenvalue weighted by Gasteiger charge is 2.19. The molecule has 3 aromatic rings. The van der Waals surface area contributed by atoms with Crippen molar-refractivity contribution in [1.82, 2.24) is 0 Å². The lowest BCUT2D eigenvalue weighted by Crippen LogP contribution is -2.11. The first kappa shape index (κ1) is 19.1. The molecule has 0 amide bonds. The van der Waals surface area contributed by atoms with Crippen molar-refractivity contribution in [3.05, 3.63) is 119 Å². The molecule has 0 bridgehead atoms. The minimum absolute atomic E-state index is 0.00655. The van der Waals surface area contributed by atoms with Crippen LogP contribution in [0.5, 0.6) is 0 Å². The molecule has 0 saturated carbocycles. The Morgan fingerprint density at radius 1 is 0.786 bits per heavy atom. The van der Waals surface area contributed by atoms with Crippen molar-refractivity contribution in [3.63, 3.8) is 0 Å². The highest BCUT2D eigenvalue weighted by Crippen LogP contribution is 2.22. The van der Waals surface area contributed by atoms with Crippen LogP contribution in [0, 0.1) is 0 Å². The van der Waals surface area contributed by atoms with Crippen LogP contribution in [0.4, 0.5) is 0 Å². The van der Waals surface area contributed by atoms with E-state index in [-0.39, 0.29) is 16.9 Å². The van der Waals surface area contributed by atoms with E-state index in [9.17, 15) is 14.7 Å². The van der Waals surface area contributed by atoms with Crippen LogP contribution in [-0.2, 0) is 6.42 Å². The summed E-state index contributed by atoms with van der Waals surface area (Å²) in [6, 6.07) is 19.9. The van der Waals surface area contributed by atoms with Crippen molar-refractivity contribution in [2.45, 2.75) is 6.42 Å². The van der Waals surface area contributed by atoms with Crippen LogP contribution in [0.25, 0.3) is 12.2 Å². The van der Waals surface area contributed by atoms with E-state index in [1.807, 2.05) is 42.5 Å². The van der Waals surface area contributed by atoms with Crippen molar-refractivity contribution in [3.8, 4) is 0 Å². The van der Waals surface area contributed by atoms with Crippen LogP contribution in [0.3, 0.4) is 0 Å². The molecule has 0 unspecified atom stereocenters. The highest BCUT2D eigenvalue weighted by atomic mass is 16.4. The molecule has 3 heteroatoms. The Morgan fingerprint density at radius 2 is 1.43 bits per heavy atom. The Hall–Kier alpha value is -3.72. The summed E-state index contributed by atoms with van der Waals surface area (Å²) < 4.78 is 0. The third-order valence-corrected chi connectivity index (χ3v) is 4.61. The summed E-state index contributed by atoms with van der Waals surface area (Å²) >= 11 is 0. The molecule has 3 aromatic carbocycles. The molecule has 0 fully saturated rings. The molecule has 3 rings (SSSR count). The molecule has 1 N–H and O–H groups in total. The largest absolute Gasteiger partial charge is 0.478 e. The molecule has 3 nitrogen and oxygen atoms in total. The molecule has 28 heavy (non-hydrogen) atoms. The molecule has 0 atom stereocenters. The Kier molecular flexibility index (Phi) is 5.66. The zero-order valence-electron chi connectivity index (χ0n) is 15.4. The van der Waals surface area contributed by atoms with E-state index < -0.39 is 5.97 Å². The monoisotopic (exact) mass is 368 g/mol. The third kappa shape index (κ3) is 3.99. The van der Waals surface area contributed by atoms with Crippen LogP contribution in [0.15, 0.2) is 79.9 Å². The maximum atomic E-state index is 13.1. The van der Waals surface area contributed by atoms with Crippen molar-refractivity contribution in [1.29, 1.82) is 0 Å². The van der Waals surface area contributed by atoms with Gasteiger partial charge < -0.3 is 5.11 Å². The van der Waals surface area contributed by atoms with Gasteiger partial charge in [0.1, 0.15) is 0 Å². The first-order valence-electron chi connectivity index (χ1n) is 8.87. The average molecular weight is 368 g/mol. The molecule has 0 heterocycles. The second kappa shape index (κ2) is 8.31. The van der Waals surface area contributed by atoms with Gasteiger partial charge in [0.25, 0.3) is 0 Å². The molecule has 0 spiro atoms. The van der Waals surface area contributed by atoms with Gasteiger partial charge in [-0.25, -0.2) is 4.79 Å². The summed E-state index contributed by atoms with van der Waals surface area (Å²) in [4.78, 5) is 24.6. The van der Waals surface area contributed by atoms with Crippen LogP contribution in [0.1, 0.15) is 48.5 Å². The van der Waals surface area contributed by atoms with Crippen LogP contribution in [-0.4, -0.2) is 16.9 Å². The number of hydrogen-bond donors (Lipinski definition) is 1. The number of hydrogen-bond acceptors (Lipinski definition) is 2. The molecule has 0 aromatic heterocycles. The number of carbonyl (C=O) groups excluding carboxylic acids is 1. The summed E-state index contributed by atoms with van der Waals surface area (Å²) in [5, 5.41) is 9.40. The smallest absolute Gasteiger partial charge is 0.336 e. The standard InChI is InChI=1S/C25H20O3/c1-3-17-9-11-18(12-10-17)15-19-13-14-20(4-2)23(16-19)24(26)21-7-5-6-8-22(21)25(27)28/h3-14,16H,1-2,15H2,(H,27,28). The number of carboxylic acids is 1. The maximum Gasteiger partial charge on any atom is 0.336 e. The summed E-state index contributed by atoms with van der Waals surface area (Å²) in [5.41, 5.74) is 4.42. The lowest BCUT2D eigenvalue weighted by Gasteiger charge is -2.11. The zero-order valence-corrected chi connectivity index (χ0v) is 15.4. The van der Waals surface area contributed by atoms with Crippen molar-refractivity contribution in [2.75, 3.05) is 0 Å². The molecular formula is C25H20O3. The normalized spacial score (nSPS) is 10.3. The maximum absolute atomic E-state index is 13.1. The van der Waals surface area contributed by atoms with E-state index in [0.717, 1.165) is 16.7 Å². The number of benzene rings is 3. The van der Waals surface area contributed by atoms with E-state index >= 15 is 0 Å². The van der Waals surface area contributed by atoms with Gasteiger partial charge in [-0.3, -0.25) is 4.79 Å². The van der Waals surface area contributed by atoms with Gasteiger partial charge in [0.2, 0.25) is 0 Å². The van der Waals surface area contributed by atoms with Crippen molar-refractivity contribution in [2.24, 2.45) is 0 Å². The van der Waals surface area contributed by atoms with E-state index in [4.69, 9.17) is 0 Å². The van der Waals surface area contributed by atoms with Gasteiger partial charge in [0.15, 0.2) is 5.78 Å². The first-order valence-corrected chi connectivity index (χ1v) is 8.87. The van der Waals surface area contributed by atoms with E-state index in [1.54, 1.807) is 30.4 Å². The van der Waals surface area contributed by atoms with E-state index in [1.165, 1.54) is 6.07 Å². The fourth-order valence-corrected chi connectivity index (χ4v) is 3.11.